The molecule has 0 aliphatic carbocycles. The predicted octanol–water partition coefficient (Wildman–Crippen LogP) is -2.11. The van der Waals surface area contributed by atoms with Crippen LogP contribution in [0.5, 0.6) is 0 Å². The molecule has 0 saturated carbocycles. The lowest BCUT2D eigenvalue weighted by Crippen LogP contribution is -2.57. The van der Waals surface area contributed by atoms with Gasteiger partial charge >= 0.3 is 0 Å². The fourth-order valence-electron chi connectivity index (χ4n) is 2.04. The maximum Gasteiger partial charge on any atom is 0.298 e. The highest BCUT2D eigenvalue weighted by Crippen LogP contribution is 2.23. The van der Waals surface area contributed by atoms with Crippen molar-refractivity contribution in [1.29, 1.82) is 0 Å². The molecule has 0 aromatic heterocycles. The van der Waals surface area contributed by atoms with Gasteiger partial charge in [-0.25, -0.2) is 12.3 Å². The molecule has 0 spiro atoms. The zero-order chi connectivity index (χ0) is 13.2. The van der Waals surface area contributed by atoms with Gasteiger partial charge in [0.15, 0.2) is 5.88 Å². The van der Waals surface area contributed by atoms with Gasteiger partial charge in [0.25, 0.3) is 10.0 Å². The highest BCUT2D eigenvalue weighted by molar-refractivity contribution is 7.92. The smallest absolute Gasteiger partial charge is 0.298 e. The van der Waals surface area contributed by atoms with Crippen molar-refractivity contribution in [2.45, 2.75) is 6.42 Å². The van der Waals surface area contributed by atoms with Crippen LogP contribution in [0.3, 0.4) is 0 Å². The summed E-state index contributed by atoms with van der Waals surface area (Å²) in [5.74, 6) is -0.953. The molecule has 1 heterocycles. The summed E-state index contributed by atoms with van der Waals surface area (Å²) in [6, 6.07) is 0. The fourth-order valence-corrected chi connectivity index (χ4v) is 6.65. The number of hydrogen-bond acceptors (Lipinski definition) is 6. The van der Waals surface area contributed by atoms with Crippen LogP contribution in [0.2, 0.25) is 0 Å². The minimum absolute atomic E-state index is 0.0710. The summed E-state index contributed by atoms with van der Waals surface area (Å²) in [4.78, 5) is 0. The number of quaternary nitrogens is 1. The summed E-state index contributed by atoms with van der Waals surface area (Å²) in [7, 11) is -7.15. The Labute approximate surface area is 101 Å². The van der Waals surface area contributed by atoms with Crippen molar-refractivity contribution in [3.05, 3.63) is 0 Å². The van der Waals surface area contributed by atoms with E-state index in [-0.39, 0.29) is 31.0 Å². The minimum Gasteiger partial charge on any atom is -0.390 e. The normalized spacial score (nSPS) is 26.2. The van der Waals surface area contributed by atoms with Crippen LogP contribution in [0.15, 0.2) is 0 Å². The van der Waals surface area contributed by atoms with Crippen molar-refractivity contribution in [3.63, 3.8) is 0 Å². The van der Waals surface area contributed by atoms with E-state index in [1.54, 1.807) is 0 Å². The largest absolute Gasteiger partial charge is 0.390 e. The molecule has 0 aromatic rings. The van der Waals surface area contributed by atoms with Gasteiger partial charge in [0.05, 0.1) is 19.0 Å². The molecule has 1 rings (SSSR count). The monoisotopic (exact) mass is 288 g/mol. The molecule has 0 unspecified atom stereocenters. The van der Waals surface area contributed by atoms with Gasteiger partial charge in [0.1, 0.15) is 18.8 Å². The molecule has 1 fully saturated rings. The number of sulfone groups is 1. The van der Waals surface area contributed by atoms with Crippen molar-refractivity contribution in [2.75, 3.05) is 43.7 Å². The van der Waals surface area contributed by atoms with Gasteiger partial charge in [-0.15, -0.1) is 0 Å². The molecule has 7 nitrogen and oxygen atoms in total. The Morgan fingerprint density at radius 1 is 0.941 bits per heavy atom. The van der Waals surface area contributed by atoms with Crippen molar-refractivity contribution < 1.29 is 30.9 Å². The zero-order valence-electron chi connectivity index (χ0n) is 9.45. The van der Waals surface area contributed by atoms with E-state index < -0.39 is 42.8 Å². The summed E-state index contributed by atoms with van der Waals surface area (Å²) in [5.41, 5.74) is 0. The SMILES string of the molecule is O=S1(=O)CCCS(=O)(=O)[N+](CCO)(CCO)C1. The molecular formula is C8H18NO6S2+. The predicted molar refractivity (Wildman–Crippen MR) is 61.2 cm³/mol. The van der Waals surface area contributed by atoms with Gasteiger partial charge in [-0.1, -0.05) is 0 Å². The van der Waals surface area contributed by atoms with E-state index in [9.17, 15) is 16.8 Å². The second-order valence-corrected chi connectivity index (χ2v) is 8.67. The molecule has 1 aliphatic heterocycles. The van der Waals surface area contributed by atoms with Crippen LogP contribution in [-0.4, -0.2) is 74.6 Å². The van der Waals surface area contributed by atoms with Crippen LogP contribution in [0.1, 0.15) is 6.42 Å². The third-order valence-electron chi connectivity index (χ3n) is 2.89. The highest BCUT2D eigenvalue weighted by atomic mass is 32.2. The molecular weight excluding hydrogens is 270 g/mol. The topological polar surface area (TPSA) is 109 Å². The molecule has 0 bridgehead atoms. The molecule has 0 radical (unpaired) electrons. The number of sulfonamides is 1. The average molecular weight is 288 g/mol. The molecule has 0 aromatic carbocycles. The Morgan fingerprint density at radius 3 is 1.94 bits per heavy atom. The van der Waals surface area contributed by atoms with E-state index >= 15 is 0 Å². The van der Waals surface area contributed by atoms with E-state index in [0.29, 0.717) is 0 Å². The number of rotatable bonds is 4. The molecule has 1 aliphatic rings. The average Bonchev–Trinajstić information content (AvgIpc) is 2.23. The summed E-state index contributed by atoms with van der Waals surface area (Å²) in [6.45, 7) is -1.28. The zero-order valence-corrected chi connectivity index (χ0v) is 11.1. The summed E-state index contributed by atoms with van der Waals surface area (Å²) < 4.78 is 46.8. The van der Waals surface area contributed by atoms with Crippen molar-refractivity contribution >= 4 is 19.9 Å². The maximum atomic E-state index is 12.1. The van der Waals surface area contributed by atoms with Gasteiger partial charge in [-0.05, 0) is 6.42 Å². The van der Waals surface area contributed by atoms with E-state index in [4.69, 9.17) is 10.2 Å². The number of aliphatic hydroxyl groups excluding tert-OH is 2. The molecule has 0 atom stereocenters. The number of aliphatic hydroxyl groups is 2. The van der Waals surface area contributed by atoms with Gasteiger partial charge < -0.3 is 10.2 Å². The number of hydrogen-bond donors (Lipinski definition) is 2. The Hall–Kier alpha value is -0.220. The van der Waals surface area contributed by atoms with Gasteiger partial charge in [0.2, 0.25) is 9.84 Å². The standard InChI is InChI=1S/C8H18NO6S2/c10-4-2-9(3-5-11)8-16(12,13)6-1-7-17(9,14)15/h10-11H,1-8H2/q+1. The third-order valence-corrected chi connectivity index (χ3v) is 7.34. The lowest BCUT2D eigenvalue weighted by Gasteiger charge is -2.33. The first-order valence-corrected chi connectivity index (χ1v) is 8.73. The quantitative estimate of drug-likeness (QED) is 0.573. The summed E-state index contributed by atoms with van der Waals surface area (Å²) in [6.07, 6.45) is 0.0710. The van der Waals surface area contributed by atoms with Crippen LogP contribution in [0, 0.1) is 0 Å². The molecule has 1 saturated heterocycles. The molecule has 2 N–H and O–H groups in total. The third kappa shape index (κ3) is 3.16. The second kappa shape index (κ2) is 5.19. The van der Waals surface area contributed by atoms with E-state index in [1.807, 2.05) is 0 Å². The molecule has 17 heavy (non-hydrogen) atoms. The van der Waals surface area contributed by atoms with E-state index in [2.05, 4.69) is 0 Å². The summed E-state index contributed by atoms with van der Waals surface area (Å²) >= 11 is 0. The van der Waals surface area contributed by atoms with Crippen LogP contribution < -0.4 is 0 Å². The maximum absolute atomic E-state index is 12.1. The van der Waals surface area contributed by atoms with Crippen molar-refractivity contribution in [2.24, 2.45) is 0 Å². The van der Waals surface area contributed by atoms with Gasteiger partial charge in [-0.2, -0.15) is 8.42 Å². The summed E-state index contributed by atoms with van der Waals surface area (Å²) in [5, 5.41) is 17.9. The highest BCUT2D eigenvalue weighted by Gasteiger charge is 2.46. The lowest BCUT2D eigenvalue weighted by atomic mass is 10.5. The Morgan fingerprint density at radius 2 is 1.47 bits per heavy atom. The molecule has 9 heteroatoms. The second-order valence-electron chi connectivity index (χ2n) is 4.17. The van der Waals surface area contributed by atoms with Crippen molar-refractivity contribution in [3.8, 4) is 0 Å². The van der Waals surface area contributed by atoms with Gasteiger partial charge in [-0.3, -0.25) is 0 Å². The first-order chi connectivity index (χ1) is 7.79. The van der Waals surface area contributed by atoms with Crippen LogP contribution in [0.25, 0.3) is 0 Å². The minimum atomic E-state index is -3.68. The van der Waals surface area contributed by atoms with Crippen LogP contribution in [0.4, 0.5) is 0 Å². The van der Waals surface area contributed by atoms with E-state index in [1.165, 1.54) is 0 Å². The molecule has 102 valence electrons. The van der Waals surface area contributed by atoms with Crippen LogP contribution >= 0.6 is 0 Å². The fraction of sp³-hybridized carbons (Fsp3) is 1.00. The lowest BCUT2D eigenvalue weighted by molar-refractivity contribution is -0.794. The number of nitrogens with zero attached hydrogens (tertiary/aromatic N) is 1. The molecule has 0 amide bonds. The first-order valence-electron chi connectivity index (χ1n) is 5.30. The Kier molecular flexibility index (Phi) is 4.53. The van der Waals surface area contributed by atoms with Crippen molar-refractivity contribution in [1.82, 2.24) is 0 Å². The first kappa shape index (κ1) is 14.8. The van der Waals surface area contributed by atoms with Crippen LogP contribution in [-0.2, 0) is 19.9 Å². The Bertz CT molecular complexity index is 448. The van der Waals surface area contributed by atoms with Gasteiger partial charge in [0, 0.05) is 0 Å². The Balaban J connectivity index is 3.25. The van der Waals surface area contributed by atoms with E-state index in [0.717, 1.165) is 0 Å².